The summed E-state index contributed by atoms with van der Waals surface area (Å²) < 4.78 is 27.3. The van der Waals surface area contributed by atoms with E-state index in [1.54, 1.807) is 0 Å². The van der Waals surface area contributed by atoms with Crippen LogP contribution in [0.3, 0.4) is 0 Å². The average Bonchev–Trinajstić information content (AvgIpc) is 2.86. The first-order chi connectivity index (χ1) is 16.5. The third kappa shape index (κ3) is 6.22. The summed E-state index contributed by atoms with van der Waals surface area (Å²) in [6.45, 7) is 6.38. The van der Waals surface area contributed by atoms with Crippen LogP contribution >= 0.6 is 0 Å². The Morgan fingerprint density at radius 1 is 0.971 bits per heavy atom. The van der Waals surface area contributed by atoms with Gasteiger partial charge in [0.15, 0.2) is 0 Å². The van der Waals surface area contributed by atoms with Gasteiger partial charge < -0.3 is 10.2 Å². The van der Waals surface area contributed by atoms with Crippen molar-refractivity contribution in [3.63, 3.8) is 0 Å². The second kappa shape index (κ2) is 11.9. The molecule has 1 amide bonds. The van der Waals surface area contributed by atoms with Crippen LogP contribution in [0.15, 0.2) is 48.5 Å². The highest BCUT2D eigenvalue weighted by molar-refractivity contribution is 5.77. The molecule has 0 radical (unpaired) electrons. The van der Waals surface area contributed by atoms with Gasteiger partial charge in [-0.05, 0) is 73.7 Å². The van der Waals surface area contributed by atoms with E-state index in [4.69, 9.17) is 0 Å². The fourth-order valence-corrected chi connectivity index (χ4v) is 5.48. The number of piperidine rings is 1. The van der Waals surface area contributed by atoms with Crippen LogP contribution in [0.1, 0.15) is 62.6 Å². The zero-order valence-electron chi connectivity index (χ0n) is 20.2. The van der Waals surface area contributed by atoms with Gasteiger partial charge in [0.1, 0.15) is 11.6 Å². The van der Waals surface area contributed by atoms with Crippen molar-refractivity contribution in [1.29, 1.82) is 0 Å². The molecule has 2 fully saturated rings. The van der Waals surface area contributed by atoms with E-state index in [0.29, 0.717) is 18.9 Å². The van der Waals surface area contributed by atoms with Gasteiger partial charge in [0.05, 0.1) is 6.04 Å². The summed E-state index contributed by atoms with van der Waals surface area (Å²) in [6.07, 6.45) is 5.93. The van der Waals surface area contributed by atoms with Gasteiger partial charge in [-0.2, -0.15) is 0 Å². The van der Waals surface area contributed by atoms with Crippen LogP contribution in [0.4, 0.5) is 8.78 Å². The van der Waals surface area contributed by atoms with Crippen LogP contribution in [-0.4, -0.2) is 54.5 Å². The molecule has 2 saturated heterocycles. The summed E-state index contributed by atoms with van der Waals surface area (Å²) in [5, 5.41) is 3.38. The van der Waals surface area contributed by atoms with Crippen molar-refractivity contribution in [3.05, 3.63) is 71.3 Å². The van der Waals surface area contributed by atoms with Crippen LogP contribution < -0.4 is 5.32 Å². The standard InChI is InChI=1S/C28H37F2N3O/c1-2-3-4-26-20-32(17-18-33(26)27(34)19-21-13-15-31-16-14-21)28(22-5-9-24(29)10-6-22)23-7-11-25(30)12-8-23/h5-12,21,26,28,31H,2-4,13-20H2,1H3/t26-/m0/s1. The molecule has 0 aromatic heterocycles. The fourth-order valence-electron chi connectivity index (χ4n) is 5.48. The summed E-state index contributed by atoms with van der Waals surface area (Å²) in [5.74, 6) is 0.226. The van der Waals surface area contributed by atoms with Gasteiger partial charge in [-0.25, -0.2) is 8.78 Å². The van der Waals surface area contributed by atoms with Crippen LogP contribution in [0.25, 0.3) is 0 Å². The zero-order valence-corrected chi connectivity index (χ0v) is 20.2. The number of hydrogen-bond acceptors (Lipinski definition) is 3. The van der Waals surface area contributed by atoms with Gasteiger partial charge in [0, 0.05) is 32.1 Å². The summed E-state index contributed by atoms with van der Waals surface area (Å²) in [5.41, 5.74) is 1.97. The van der Waals surface area contributed by atoms with Gasteiger partial charge >= 0.3 is 0 Å². The Morgan fingerprint density at radius 3 is 2.12 bits per heavy atom. The monoisotopic (exact) mass is 469 g/mol. The molecule has 0 saturated carbocycles. The Labute approximate surface area is 202 Å². The highest BCUT2D eigenvalue weighted by atomic mass is 19.1. The van der Waals surface area contributed by atoms with Crippen molar-refractivity contribution in [2.75, 3.05) is 32.7 Å². The molecule has 0 spiro atoms. The Balaban J connectivity index is 1.55. The summed E-state index contributed by atoms with van der Waals surface area (Å²) in [6, 6.07) is 13.3. The predicted molar refractivity (Wildman–Crippen MR) is 131 cm³/mol. The minimum atomic E-state index is -0.268. The normalized spacial score (nSPS) is 20.1. The molecular formula is C28H37F2N3O. The summed E-state index contributed by atoms with van der Waals surface area (Å²) >= 11 is 0. The lowest BCUT2D eigenvalue weighted by molar-refractivity contribution is -0.138. The molecule has 2 aliphatic rings. The zero-order chi connectivity index (χ0) is 23.9. The molecule has 1 atom stereocenters. The second-order valence-corrected chi connectivity index (χ2v) is 9.78. The van der Waals surface area contributed by atoms with E-state index in [0.717, 1.165) is 69.4 Å². The van der Waals surface area contributed by atoms with Crippen molar-refractivity contribution in [2.45, 2.75) is 57.5 Å². The van der Waals surface area contributed by atoms with Crippen molar-refractivity contribution in [3.8, 4) is 0 Å². The van der Waals surface area contributed by atoms with Gasteiger partial charge in [0.25, 0.3) is 0 Å². The quantitative estimate of drug-likeness (QED) is 0.581. The fraction of sp³-hybridized carbons (Fsp3) is 0.536. The van der Waals surface area contributed by atoms with Crippen LogP contribution in [0, 0.1) is 17.6 Å². The third-order valence-electron chi connectivity index (χ3n) is 7.38. The van der Waals surface area contributed by atoms with E-state index in [9.17, 15) is 13.6 Å². The molecule has 2 aromatic carbocycles. The molecule has 6 heteroatoms. The van der Waals surface area contributed by atoms with E-state index in [1.807, 2.05) is 24.3 Å². The number of amides is 1. The molecule has 0 unspecified atom stereocenters. The molecule has 4 rings (SSSR count). The Hall–Kier alpha value is -2.31. The van der Waals surface area contributed by atoms with Gasteiger partial charge in [-0.3, -0.25) is 9.69 Å². The Morgan fingerprint density at radius 2 is 1.56 bits per heavy atom. The summed E-state index contributed by atoms with van der Waals surface area (Å²) in [4.78, 5) is 17.8. The molecule has 2 aliphatic heterocycles. The Kier molecular flexibility index (Phi) is 8.68. The van der Waals surface area contributed by atoms with E-state index < -0.39 is 0 Å². The first-order valence-electron chi connectivity index (χ1n) is 12.8. The first-order valence-corrected chi connectivity index (χ1v) is 12.8. The van der Waals surface area contributed by atoms with Gasteiger partial charge in [-0.1, -0.05) is 44.0 Å². The van der Waals surface area contributed by atoms with Crippen molar-refractivity contribution >= 4 is 5.91 Å². The minimum Gasteiger partial charge on any atom is -0.337 e. The lowest BCUT2D eigenvalue weighted by Gasteiger charge is -2.45. The third-order valence-corrected chi connectivity index (χ3v) is 7.38. The molecule has 184 valence electrons. The number of carbonyl (C=O) groups excluding carboxylic acids is 1. The predicted octanol–water partition coefficient (Wildman–Crippen LogP) is 5.15. The lowest BCUT2D eigenvalue weighted by Crippen LogP contribution is -2.56. The highest BCUT2D eigenvalue weighted by Crippen LogP contribution is 2.32. The molecule has 0 bridgehead atoms. The first kappa shape index (κ1) is 24.8. The molecule has 34 heavy (non-hydrogen) atoms. The largest absolute Gasteiger partial charge is 0.337 e. The van der Waals surface area contributed by atoms with E-state index in [1.165, 1.54) is 24.3 Å². The molecule has 4 nitrogen and oxygen atoms in total. The maximum absolute atomic E-state index is 13.7. The van der Waals surface area contributed by atoms with Crippen molar-refractivity contribution < 1.29 is 13.6 Å². The van der Waals surface area contributed by atoms with E-state index in [-0.39, 0.29) is 29.6 Å². The average molecular weight is 470 g/mol. The molecule has 0 aliphatic carbocycles. The maximum Gasteiger partial charge on any atom is 0.223 e. The number of carbonyl (C=O) groups is 1. The number of unbranched alkanes of at least 4 members (excludes halogenated alkanes) is 1. The second-order valence-electron chi connectivity index (χ2n) is 9.78. The van der Waals surface area contributed by atoms with Gasteiger partial charge in [-0.15, -0.1) is 0 Å². The summed E-state index contributed by atoms with van der Waals surface area (Å²) in [7, 11) is 0. The highest BCUT2D eigenvalue weighted by Gasteiger charge is 2.35. The van der Waals surface area contributed by atoms with Crippen LogP contribution in [0.5, 0.6) is 0 Å². The number of hydrogen-bond donors (Lipinski definition) is 1. The smallest absolute Gasteiger partial charge is 0.223 e. The topological polar surface area (TPSA) is 35.6 Å². The van der Waals surface area contributed by atoms with E-state index in [2.05, 4.69) is 22.0 Å². The Bertz CT molecular complexity index is 867. The lowest BCUT2D eigenvalue weighted by atomic mass is 9.92. The molecule has 1 N–H and O–H groups in total. The maximum atomic E-state index is 13.7. The number of rotatable bonds is 8. The van der Waals surface area contributed by atoms with Crippen LogP contribution in [-0.2, 0) is 4.79 Å². The molecule has 2 heterocycles. The number of nitrogens with zero attached hydrogens (tertiary/aromatic N) is 2. The number of piperazine rings is 1. The minimum absolute atomic E-state index is 0.105. The number of nitrogens with one attached hydrogen (secondary N) is 1. The molecule has 2 aromatic rings. The molecular weight excluding hydrogens is 432 g/mol. The van der Waals surface area contributed by atoms with Crippen molar-refractivity contribution in [1.82, 2.24) is 15.1 Å². The number of halogens is 2. The van der Waals surface area contributed by atoms with Crippen molar-refractivity contribution in [2.24, 2.45) is 5.92 Å². The van der Waals surface area contributed by atoms with Crippen LogP contribution in [0.2, 0.25) is 0 Å². The number of benzene rings is 2. The SMILES string of the molecule is CCCC[C@H]1CN(C(c2ccc(F)cc2)c2ccc(F)cc2)CCN1C(=O)CC1CCNCC1. The van der Waals surface area contributed by atoms with E-state index >= 15 is 0 Å². The van der Waals surface area contributed by atoms with Gasteiger partial charge in [0.2, 0.25) is 5.91 Å².